The lowest BCUT2D eigenvalue weighted by molar-refractivity contribution is -0.0746. The van der Waals surface area contributed by atoms with Gasteiger partial charge in [-0.2, -0.15) is 0 Å². The molecule has 0 saturated carbocycles. The van der Waals surface area contributed by atoms with Crippen molar-refractivity contribution in [2.24, 2.45) is 0 Å². The molecule has 2 N–H and O–H groups in total. The fourth-order valence-corrected chi connectivity index (χ4v) is 3.37. The van der Waals surface area contributed by atoms with Crippen molar-refractivity contribution in [1.82, 2.24) is 14.8 Å². The van der Waals surface area contributed by atoms with E-state index in [1.165, 1.54) is 0 Å². The number of benzene rings is 1. The summed E-state index contributed by atoms with van der Waals surface area (Å²) >= 11 is 0. The average Bonchev–Trinajstić information content (AvgIpc) is 2.61. The summed E-state index contributed by atoms with van der Waals surface area (Å²) < 4.78 is 5.25. The average molecular weight is 338 g/mol. The number of hydrogen-bond donors (Lipinski definition) is 1. The Kier molecular flexibility index (Phi) is 4.38. The van der Waals surface area contributed by atoms with E-state index in [2.05, 4.69) is 9.88 Å². The van der Waals surface area contributed by atoms with Crippen LogP contribution in [0.5, 0.6) is 0 Å². The van der Waals surface area contributed by atoms with Gasteiger partial charge in [0.15, 0.2) is 0 Å². The number of pyridine rings is 1. The summed E-state index contributed by atoms with van der Waals surface area (Å²) in [6.07, 6.45) is 3.36. The molecule has 1 aromatic carbocycles. The highest BCUT2D eigenvalue weighted by Gasteiger charge is 2.30. The Bertz CT molecular complexity index is 750. The summed E-state index contributed by atoms with van der Waals surface area (Å²) in [6.45, 7) is 5.04. The molecule has 2 aliphatic heterocycles. The van der Waals surface area contributed by atoms with Gasteiger partial charge in [-0.15, -0.1) is 0 Å². The molecule has 2 aliphatic rings. The summed E-state index contributed by atoms with van der Waals surface area (Å²) in [6, 6.07) is 10.1. The molecule has 1 amide bonds. The highest BCUT2D eigenvalue weighted by atomic mass is 16.5. The molecule has 2 saturated heterocycles. The summed E-state index contributed by atoms with van der Waals surface area (Å²) in [4.78, 5) is 21.1. The van der Waals surface area contributed by atoms with Gasteiger partial charge in [-0.3, -0.25) is 14.7 Å². The van der Waals surface area contributed by atoms with Crippen molar-refractivity contribution >= 4 is 11.6 Å². The van der Waals surface area contributed by atoms with E-state index in [-0.39, 0.29) is 5.91 Å². The molecule has 0 radical (unpaired) electrons. The van der Waals surface area contributed by atoms with E-state index in [1.54, 1.807) is 12.4 Å². The van der Waals surface area contributed by atoms with Crippen molar-refractivity contribution in [2.75, 3.05) is 45.1 Å². The second-order valence-electron chi connectivity index (χ2n) is 6.56. The van der Waals surface area contributed by atoms with Gasteiger partial charge in [-0.25, -0.2) is 0 Å². The molecule has 6 nitrogen and oxygen atoms in total. The molecule has 1 aromatic heterocycles. The van der Waals surface area contributed by atoms with Crippen LogP contribution in [0.2, 0.25) is 0 Å². The van der Waals surface area contributed by atoms with E-state index < -0.39 is 0 Å². The number of piperazine rings is 1. The number of anilines is 1. The maximum atomic E-state index is 12.7. The zero-order valence-corrected chi connectivity index (χ0v) is 14.1. The smallest absolute Gasteiger partial charge is 0.253 e. The number of amides is 1. The van der Waals surface area contributed by atoms with Crippen molar-refractivity contribution in [2.45, 2.75) is 6.04 Å². The van der Waals surface area contributed by atoms with Gasteiger partial charge in [0.2, 0.25) is 0 Å². The first kappa shape index (κ1) is 16.1. The van der Waals surface area contributed by atoms with Gasteiger partial charge in [0, 0.05) is 43.5 Å². The number of nitrogens with two attached hydrogens (primary N) is 1. The maximum Gasteiger partial charge on any atom is 0.253 e. The zero-order valence-electron chi connectivity index (χ0n) is 14.1. The first-order valence-electron chi connectivity index (χ1n) is 8.63. The van der Waals surface area contributed by atoms with Crippen molar-refractivity contribution in [3.8, 4) is 11.1 Å². The monoisotopic (exact) mass is 338 g/mol. The van der Waals surface area contributed by atoms with E-state index in [1.807, 2.05) is 35.2 Å². The number of aromatic nitrogens is 1. The van der Waals surface area contributed by atoms with Crippen LogP contribution in [0.3, 0.4) is 0 Å². The molecule has 0 aliphatic carbocycles. The topological polar surface area (TPSA) is 71.7 Å². The van der Waals surface area contributed by atoms with Crippen LogP contribution < -0.4 is 5.73 Å². The van der Waals surface area contributed by atoms with Crippen molar-refractivity contribution in [3.63, 3.8) is 0 Å². The van der Waals surface area contributed by atoms with Crippen molar-refractivity contribution in [3.05, 3.63) is 48.3 Å². The number of nitrogen functional groups attached to an aromatic ring is 1. The normalized spacial score (nSPS) is 18.8. The third-order valence-electron chi connectivity index (χ3n) is 5.03. The molecular formula is C19H22N4O2. The van der Waals surface area contributed by atoms with E-state index in [0.717, 1.165) is 56.1 Å². The van der Waals surface area contributed by atoms with Crippen LogP contribution in [-0.2, 0) is 4.74 Å². The molecular weight excluding hydrogens is 316 g/mol. The number of hydrogen-bond acceptors (Lipinski definition) is 5. The molecule has 6 heteroatoms. The van der Waals surface area contributed by atoms with Crippen molar-refractivity contribution in [1.29, 1.82) is 0 Å². The number of carbonyl (C=O) groups excluding carboxylic acids is 1. The van der Waals surface area contributed by atoms with Crippen LogP contribution in [-0.4, -0.2) is 66.1 Å². The van der Waals surface area contributed by atoms with Crippen LogP contribution in [0.1, 0.15) is 10.4 Å². The zero-order chi connectivity index (χ0) is 17.2. The van der Waals surface area contributed by atoms with Crippen LogP contribution in [0.15, 0.2) is 42.7 Å². The minimum Gasteiger partial charge on any atom is -0.397 e. The van der Waals surface area contributed by atoms with Crippen molar-refractivity contribution < 1.29 is 9.53 Å². The second-order valence-corrected chi connectivity index (χ2v) is 6.56. The molecule has 25 heavy (non-hydrogen) atoms. The first-order valence-corrected chi connectivity index (χ1v) is 8.63. The molecule has 130 valence electrons. The fourth-order valence-electron chi connectivity index (χ4n) is 3.37. The van der Waals surface area contributed by atoms with Crippen LogP contribution >= 0.6 is 0 Å². The number of carbonyl (C=O) groups is 1. The van der Waals surface area contributed by atoms with Gasteiger partial charge in [0.05, 0.1) is 31.1 Å². The van der Waals surface area contributed by atoms with E-state index in [9.17, 15) is 4.79 Å². The maximum absolute atomic E-state index is 12.7. The lowest BCUT2D eigenvalue weighted by atomic mass is 10.0. The van der Waals surface area contributed by atoms with Gasteiger partial charge >= 0.3 is 0 Å². The molecule has 0 atom stereocenters. The molecule has 3 heterocycles. The van der Waals surface area contributed by atoms with E-state index in [0.29, 0.717) is 11.7 Å². The van der Waals surface area contributed by atoms with Crippen LogP contribution in [0.25, 0.3) is 11.1 Å². The Balaban J connectivity index is 1.42. The van der Waals surface area contributed by atoms with E-state index >= 15 is 0 Å². The summed E-state index contributed by atoms with van der Waals surface area (Å²) in [5.41, 5.74) is 9.25. The predicted molar refractivity (Wildman–Crippen MR) is 96.2 cm³/mol. The highest BCUT2D eigenvalue weighted by Crippen LogP contribution is 2.25. The van der Waals surface area contributed by atoms with Gasteiger partial charge in [-0.1, -0.05) is 12.1 Å². The molecule has 4 rings (SSSR count). The highest BCUT2D eigenvalue weighted by molar-refractivity contribution is 5.95. The van der Waals surface area contributed by atoms with Gasteiger partial charge in [0.1, 0.15) is 0 Å². The summed E-state index contributed by atoms with van der Waals surface area (Å²) in [5.74, 6) is 0.0961. The molecule has 0 unspecified atom stereocenters. The first-order chi connectivity index (χ1) is 12.2. The van der Waals surface area contributed by atoms with Crippen LogP contribution in [0, 0.1) is 0 Å². The molecule has 0 spiro atoms. The Hall–Kier alpha value is -2.44. The summed E-state index contributed by atoms with van der Waals surface area (Å²) in [5, 5.41) is 0. The van der Waals surface area contributed by atoms with E-state index in [4.69, 9.17) is 10.5 Å². The molecule has 2 aromatic rings. The Morgan fingerprint density at radius 1 is 1.08 bits per heavy atom. The quantitative estimate of drug-likeness (QED) is 0.918. The van der Waals surface area contributed by atoms with Crippen LogP contribution in [0.4, 0.5) is 5.69 Å². The SMILES string of the molecule is Nc1cnccc1-c1ccc(C(=O)N2CCN(C3COC3)CC2)cc1. The summed E-state index contributed by atoms with van der Waals surface area (Å²) in [7, 11) is 0. The minimum atomic E-state index is 0.0961. The molecule has 0 bridgehead atoms. The lowest BCUT2D eigenvalue weighted by Crippen LogP contribution is -2.57. The standard InChI is InChI=1S/C19H22N4O2/c20-18-11-21-6-5-17(18)14-1-3-15(4-2-14)19(24)23-9-7-22(8-10-23)16-12-25-13-16/h1-6,11,16H,7-10,12-13,20H2. The lowest BCUT2D eigenvalue weighted by Gasteiger charge is -2.42. The van der Waals surface area contributed by atoms with Gasteiger partial charge < -0.3 is 15.4 Å². The Morgan fingerprint density at radius 2 is 1.80 bits per heavy atom. The fraction of sp³-hybridized carbons (Fsp3) is 0.368. The number of rotatable bonds is 3. The Morgan fingerprint density at radius 3 is 2.40 bits per heavy atom. The minimum absolute atomic E-state index is 0.0961. The predicted octanol–water partition coefficient (Wildman–Crippen LogP) is 1.49. The second kappa shape index (κ2) is 6.82. The molecule has 2 fully saturated rings. The Labute approximate surface area is 147 Å². The van der Waals surface area contributed by atoms with Gasteiger partial charge in [0.25, 0.3) is 5.91 Å². The third kappa shape index (κ3) is 3.23. The third-order valence-corrected chi connectivity index (χ3v) is 5.03. The number of ether oxygens (including phenoxy) is 1. The van der Waals surface area contributed by atoms with Gasteiger partial charge in [-0.05, 0) is 23.8 Å². The largest absolute Gasteiger partial charge is 0.397 e. The number of nitrogens with zero attached hydrogens (tertiary/aromatic N) is 3.